The summed E-state index contributed by atoms with van der Waals surface area (Å²) in [5.41, 5.74) is 0.718. The number of hydrogen-bond acceptors (Lipinski definition) is 4. The van der Waals surface area contributed by atoms with E-state index in [1.807, 2.05) is 6.92 Å². The van der Waals surface area contributed by atoms with Gasteiger partial charge in [-0.15, -0.1) is 11.8 Å². The smallest absolute Gasteiger partial charge is 0.340 e. The Bertz CT molecular complexity index is 401. The van der Waals surface area contributed by atoms with Crippen LogP contribution in [0.15, 0.2) is 5.03 Å². The number of aromatic nitrogens is 2. The topological polar surface area (TPSA) is 75.3 Å². The lowest BCUT2D eigenvalue weighted by atomic mass is 10.3. The van der Waals surface area contributed by atoms with Gasteiger partial charge in [-0.25, -0.2) is 4.79 Å². The van der Waals surface area contributed by atoms with Crippen molar-refractivity contribution in [1.29, 1.82) is 0 Å². The van der Waals surface area contributed by atoms with Gasteiger partial charge in [-0.3, -0.25) is 4.68 Å². The van der Waals surface area contributed by atoms with E-state index in [0.29, 0.717) is 10.7 Å². The average molecular weight is 244 g/mol. The van der Waals surface area contributed by atoms with Gasteiger partial charge in [0.25, 0.3) is 0 Å². The van der Waals surface area contributed by atoms with Crippen molar-refractivity contribution < 1.29 is 15.0 Å². The maximum absolute atomic E-state index is 11.1. The Balaban J connectivity index is 3.07. The number of carboxylic acid groups (broad SMARTS) is 1. The number of rotatable bonds is 4. The average Bonchev–Trinajstić information content (AvgIpc) is 2.41. The molecule has 0 aliphatic carbocycles. The lowest BCUT2D eigenvalue weighted by Crippen LogP contribution is -2.16. The number of hydrogen-bond donors (Lipinski definition) is 2. The zero-order chi connectivity index (χ0) is 12.5. The molecule has 0 aliphatic heterocycles. The molecule has 2 N–H and O–H groups in total. The van der Waals surface area contributed by atoms with E-state index in [0.717, 1.165) is 0 Å². The Morgan fingerprint density at radius 1 is 1.50 bits per heavy atom. The fourth-order valence-corrected chi connectivity index (χ4v) is 2.39. The van der Waals surface area contributed by atoms with Crippen LogP contribution in [-0.2, 0) is 7.05 Å². The van der Waals surface area contributed by atoms with E-state index in [1.54, 1.807) is 25.6 Å². The van der Waals surface area contributed by atoms with E-state index in [-0.39, 0.29) is 10.8 Å². The Kier molecular flexibility index (Phi) is 3.98. The minimum atomic E-state index is -0.981. The Labute approximate surface area is 98.5 Å². The first-order valence-electron chi connectivity index (χ1n) is 4.96. The third kappa shape index (κ3) is 2.56. The number of carboxylic acids is 1. The van der Waals surface area contributed by atoms with E-state index in [1.165, 1.54) is 11.8 Å². The number of thioether (sulfide) groups is 1. The largest absolute Gasteiger partial charge is 0.478 e. The van der Waals surface area contributed by atoms with Gasteiger partial charge >= 0.3 is 5.97 Å². The lowest BCUT2D eigenvalue weighted by molar-refractivity contribution is 0.0692. The molecule has 6 heteroatoms. The van der Waals surface area contributed by atoms with Crippen LogP contribution in [0.3, 0.4) is 0 Å². The first kappa shape index (κ1) is 13.1. The number of aliphatic hydroxyl groups is 1. The van der Waals surface area contributed by atoms with Crippen molar-refractivity contribution in [2.24, 2.45) is 7.05 Å². The zero-order valence-electron chi connectivity index (χ0n) is 9.76. The Morgan fingerprint density at radius 3 is 2.50 bits per heavy atom. The van der Waals surface area contributed by atoms with Crippen LogP contribution in [-0.4, -0.2) is 37.3 Å². The predicted molar refractivity (Wildman–Crippen MR) is 61.9 cm³/mol. The van der Waals surface area contributed by atoms with Gasteiger partial charge in [-0.2, -0.15) is 5.10 Å². The highest BCUT2D eigenvalue weighted by atomic mass is 32.2. The van der Waals surface area contributed by atoms with Gasteiger partial charge in [0.2, 0.25) is 0 Å². The lowest BCUT2D eigenvalue weighted by Gasteiger charge is -2.14. The highest BCUT2D eigenvalue weighted by Crippen LogP contribution is 2.29. The molecule has 2 unspecified atom stereocenters. The highest BCUT2D eigenvalue weighted by Gasteiger charge is 2.23. The second kappa shape index (κ2) is 4.88. The van der Waals surface area contributed by atoms with Crippen molar-refractivity contribution in [3.63, 3.8) is 0 Å². The molecule has 1 aromatic rings. The van der Waals surface area contributed by atoms with Crippen LogP contribution in [0.2, 0.25) is 0 Å². The SMILES string of the molecule is Cc1nn(C)c(SC(C)C(C)O)c1C(=O)O. The number of aryl methyl sites for hydroxylation is 2. The van der Waals surface area contributed by atoms with Crippen LogP contribution in [0.25, 0.3) is 0 Å². The van der Waals surface area contributed by atoms with Gasteiger partial charge in [0.15, 0.2) is 0 Å². The van der Waals surface area contributed by atoms with Crippen LogP contribution in [0.4, 0.5) is 0 Å². The highest BCUT2D eigenvalue weighted by molar-refractivity contribution is 8.00. The van der Waals surface area contributed by atoms with Crippen molar-refractivity contribution in [3.8, 4) is 0 Å². The second-order valence-electron chi connectivity index (χ2n) is 3.76. The molecular weight excluding hydrogens is 228 g/mol. The minimum absolute atomic E-state index is 0.0760. The number of carbonyl (C=O) groups is 1. The van der Waals surface area contributed by atoms with Crippen LogP contribution in [0, 0.1) is 6.92 Å². The van der Waals surface area contributed by atoms with Crippen LogP contribution >= 0.6 is 11.8 Å². The van der Waals surface area contributed by atoms with E-state index >= 15 is 0 Å². The minimum Gasteiger partial charge on any atom is -0.478 e. The molecule has 16 heavy (non-hydrogen) atoms. The van der Waals surface area contributed by atoms with E-state index in [2.05, 4.69) is 5.10 Å². The van der Waals surface area contributed by atoms with Gasteiger partial charge in [0.1, 0.15) is 10.6 Å². The molecule has 0 aromatic carbocycles. The summed E-state index contributed by atoms with van der Waals surface area (Å²) in [5, 5.41) is 23.1. The molecule has 0 bridgehead atoms. The molecule has 0 amide bonds. The first-order chi connectivity index (χ1) is 7.34. The summed E-state index contributed by atoms with van der Waals surface area (Å²) in [6, 6.07) is 0. The summed E-state index contributed by atoms with van der Waals surface area (Å²) in [5.74, 6) is -0.981. The van der Waals surface area contributed by atoms with Gasteiger partial charge in [-0.1, -0.05) is 6.92 Å². The molecule has 2 atom stereocenters. The maximum Gasteiger partial charge on any atom is 0.340 e. The summed E-state index contributed by atoms with van der Waals surface area (Å²) in [6.07, 6.45) is -0.498. The van der Waals surface area contributed by atoms with Crippen molar-refractivity contribution in [1.82, 2.24) is 9.78 Å². The summed E-state index contributed by atoms with van der Waals surface area (Å²) in [4.78, 5) is 11.1. The normalized spacial score (nSPS) is 14.8. The van der Waals surface area contributed by atoms with E-state index < -0.39 is 12.1 Å². The van der Waals surface area contributed by atoms with Crippen molar-refractivity contribution in [3.05, 3.63) is 11.3 Å². The van der Waals surface area contributed by atoms with Gasteiger partial charge in [0.05, 0.1) is 11.8 Å². The van der Waals surface area contributed by atoms with E-state index in [9.17, 15) is 9.90 Å². The third-order valence-electron chi connectivity index (χ3n) is 2.36. The molecule has 0 radical (unpaired) electrons. The van der Waals surface area contributed by atoms with Gasteiger partial charge in [0, 0.05) is 12.3 Å². The van der Waals surface area contributed by atoms with Crippen LogP contribution in [0.5, 0.6) is 0 Å². The fourth-order valence-electron chi connectivity index (χ4n) is 1.29. The molecule has 0 saturated heterocycles. The van der Waals surface area contributed by atoms with Crippen molar-refractivity contribution in [2.75, 3.05) is 0 Å². The molecule has 0 spiro atoms. The first-order valence-corrected chi connectivity index (χ1v) is 5.84. The van der Waals surface area contributed by atoms with Gasteiger partial charge in [-0.05, 0) is 13.8 Å². The summed E-state index contributed by atoms with van der Waals surface area (Å²) in [6.45, 7) is 5.20. The summed E-state index contributed by atoms with van der Waals surface area (Å²) >= 11 is 1.32. The molecular formula is C10H16N2O3S. The predicted octanol–water partition coefficient (Wildman–Crippen LogP) is 1.29. The quantitative estimate of drug-likeness (QED) is 0.780. The fraction of sp³-hybridized carbons (Fsp3) is 0.600. The molecule has 1 heterocycles. The van der Waals surface area contributed by atoms with E-state index in [4.69, 9.17) is 5.11 Å². The molecule has 0 aliphatic rings. The van der Waals surface area contributed by atoms with Crippen LogP contribution in [0.1, 0.15) is 29.9 Å². The number of aliphatic hydroxyl groups excluding tert-OH is 1. The number of nitrogens with zero attached hydrogens (tertiary/aromatic N) is 2. The van der Waals surface area contributed by atoms with Crippen molar-refractivity contribution >= 4 is 17.7 Å². The maximum atomic E-state index is 11.1. The Hall–Kier alpha value is -1.01. The standard InChI is InChI=1S/C10H16N2O3S/c1-5-8(10(14)15)9(12(4)11-5)16-7(3)6(2)13/h6-7,13H,1-4H3,(H,14,15). The molecule has 0 fully saturated rings. The van der Waals surface area contributed by atoms with Crippen molar-refractivity contribution in [2.45, 2.75) is 37.2 Å². The molecule has 1 rings (SSSR count). The summed E-state index contributed by atoms with van der Waals surface area (Å²) < 4.78 is 1.54. The second-order valence-corrected chi connectivity index (χ2v) is 5.12. The third-order valence-corrected chi connectivity index (χ3v) is 3.82. The molecule has 5 nitrogen and oxygen atoms in total. The molecule has 90 valence electrons. The van der Waals surface area contributed by atoms with Crippen LogP contribution < -0.4 is 0 Å². The molecule has 0 saturated carbocycles. The summed E-state index contributed by atoms with van der Waals surface area (Å²) in [7, 11) is 1.70. The Morgan fingerprint density at radius 2 is 2.06 bits per heavy atom. The monoisotopic (exact) mass is 244 g/mol. The zero-order valence-corrected chi connectivity index (χ0v) is 10.6. The number of aromatic carboxylic acids is 1. The molecule has 1 aromatic heterocycles. The van der Waals surface area contributed by atoms with Gasteiger partial charge < -0.3 is 10.2 Å².